The third kappa shape index (κ3) is 5.64. The van der Waals surface area contributed by atoms with Gasteiger partial charge < -0.3 is 19.9 Å². The second-order valence-corrected chi connectivity index (χ2v) is 9.82. The van der Waals surface area contributed by atoms with Gasteiger partial charge in [-0.1, -0.05) is 11.6 Å². The normalized spacial score (nSPS) is 15.2. The van der Waals surface area contributed by atoms with Crippen molar-refractivity contribution >= 4 is 51.4 Å². The summed E-state index contributed by atoms with van der Waals surface area (Å²) in [5.74, 6) is -0.511. The van der Waals surface area contributed by atoms with E-state index in [2.05, 4.69) is 30.3 Å². The number of halogens is 5. The number of nitrogens with one attached hydrogen (secondary N) is 3. The Morgan fingerprint density at radius 1 is 1.03 bits per heavy atom. The molecule has 1 aliphatic rings. The zero-order valence-corrected chi connectivity index (χ0v) is 20.8. The molecule has 1 atom stereocenters. The molecular weight excluding hydrogens is 548 g/mol. The van der Waals surface area contributed by atoms with E-state index in [1.54, 1.807) is 18.2 Å². The number of pyridine rings is 1. The molecule has 0 aliphatic heterocycles. The number of hydrogen-bond acceptors (Lipinski definition) is 7. The number of hydrogen-bond donors (Lipinski definition) is 3. The predicted octanol–water partition coefficient (Wildman–Crippen LogP) is 5.81. The fourth-order valence-electron chi connectivity index (χ4n) is 3.88. The van der Waals surface area contributed by atoms with E-state index in [9.17, 15) is 26.3 Å². The van der Waals surface area contributed by atoms with Crippen LogP contribution in [0.4, 0.5) is 35.0 Å². The van der Waals surface area contributed by atoms with Crippen molar-refractivity contribution in [1.29, 1.82) is 0 Å². The second kappa shape index (κ2) is 9.97. The van der Waals surface area contributed by atoms with Gasteiger partial charge in [0.25, 0.3) is 0 Å². The molecule has 1 saturated carbocycles. The largest absolute Gasteiger partial charge is 0.755 e. The second-order valence-electron chi connectivity index (χ2n) is 8.71. The standard InChI is InChI=1S/C24H19ClF4N6O2S/c25-15-9-13(10-17(11-15)35-38(36)37)12-30-22-32-19-6-5-18(14-1-3-16(26)4-2-14)31-20(19)21(33-22)34-23(7-8-23)24(27,28)29/h1-6,9-11,35H,7-8,12H2,(H,36,37)(H2,30,32,33,34)/p-1. The number of aromatic nitrogens is 3. The SMILES string of the molecule is O=S([O-])Nc1cc(Cl)cc(CNc2nc(NC3(C(F)(F)F)CC3)c3nc(-c4ccc(F)cc4)ccc3n2)c1. The van der Waals surface area contributed by atoms with Crippen molar-refractivity contribution in [2.75, 3.05) is 15.4 Å². The Hall–Kier alpha value is -3.55. The fraction of sp³-hybridized carbons (Fsp3) is 0.208. The van der Waals surface area contributed by atoms with Gasteiger partial charge in [-0.3, -0.25) is 4.21 Å². The van der Waals surface area contributed by atoms with Crippen LogP contribution < -0.4 is 15.4 Å². The molecule has 0 radical (unpaired) electrons. The summed E-state index contributed by atoms with van der Waals surface area (Å²) in [6, 6.07) is 13.3. The summed E-state index contributed by atoms with van der Waals surface area (Å²) in [6.45, 7) is 0.0944. The number of rotatable bonds is 8. The highest BCUT2D eigenvalue weighted by molar-refractivity contribution is 7.80. The zero-order valence-electron chi connectivity index (χ0n) is 19.3. The molecule has 0 saturated heterocycles. The first-order chi connectivity index (χ1) is 18.0. The molecule has 0 amide bonds. The molecule has 2 aromatic heterocycles. The van der Waals surface area contributed by atoms with Gasteiger partial charge in [-0.15, -0.1) is 0 Å². The molecule has 1 unspecified atom stereocenters. The summed E-state index contributed by atoms with van der Waals surface area (Å²) in [7, 11) is 0. The Kier molecular flexibility index (Phi) is 6.84. The molecule has 14 heteroatoms. The Bertz CT molecular complexity index is 1530. The Morgan fingerprint density at radius 2 is 1.76 bits per heavy atom. The molecule has 3 N–H and O–H groups in total. The Labute approximate surface area is 221 Å². The van der Waals surface area contributed by atoms with Gasteiger partial charge in [-0.2, -0.15) is 18.2 Å². The van der Waals surface area contributed by atoms with Crippen LogP contribution in [0.5, 0.6) is 0 Å². The van der Waals surface area contributed by atoms with E-state index in [0.717, 1.165) is 0 Å². The minimum atomic E-state index is -4.50. The molecule has 2 aromatic carbocycles. The van der Waals surface area contributed by atoms with Crippen molar-refractivity contribution in [3.8, 4) is 11.3 Å². The summed E-state index contributed by atoms with van der Waals surface area (Å²) >= 11 is 3.52. The van der Waals surface area contributed by atoms with Crippen LogP contribution in [0.1, 0.15) is 18.4 Å². The lowest BCUT2D eigenvalue weighted by Crippen LogP contribution is -2.39. The van der Waals surface area contributed by atoms with Gasteiger partial charge in [-0.25, -0.2) is 14.4 Å². The Balaban J connectivity index is 1.50. The van der Waals surface area contributed by atoms with Gasteiger partial charge >= 0.3 is 6.18 Å². The lowest BCUT2D eigenvalue weighted by atomic mass is 10.1. The van der Waals surface area contributed by atoms with Crippen molar-refractivity contribution in [2.24, 2.45) is 0 Å². The van der Waals surface area contributed by atoms with Gasteiger partial charge in [0.1, 0.15) is 16.9 Å². The van der Waals surface area contributed by atoms with Crippen molar-refractivity contribution < 1.29 is 26.3 Å². The van der Waals surface area contributed by atoms with E-state index in [-0.39, 0.29) is 52.9 Å². The van der Waals surface area contributed by atoms with Crippen molar-refractivity contribution in [3.63, 3.8) is 0 Å². The van der Waals surface area contributed by atoms with Crippen LogP contribution in [0.15, 0.2) is 54.6 Å². The molecule has 1 aliphatic carbocycles. The maximum atomic E-state index is 13.8. The topological polar surface area (TPSA) is 115 Å². The first-order valence-corrected chi connectivity index (χ1v) is 12.7. The van der Waals surface area contributed by atoms with Crippen LogP contribution in [0.3, 0.4) is 0 Å². The smallest absolute Gasteiger partial charge is 0.411 e. The summed E-state index contributed by atoms with van der Waals surface area (Å²) in [5, 5.41) is 5.76. The van der Waals surface area contributed by atoms with Crippen molar-refractivity contribution in [1.82, 2.24) is 15.0 Å². The summed E-state index contributed by atoms with van der Waals surface area (Å²) in [4.78, 5) is 13.2. The highest BCUT2D eigenvalue weighted by Gasteiger charge is 2.64. The van der Waals surface area contributed by atoms with Crippen LogP contribution in [-0.2, 0) is 17.8 Å². The van der Waals surface area contributed by atoms with E-state index in [0.29, 0.717) is 16.8 Å². The van der Waals surface area contributed by atoms with Gasteiger partial charge in [-0.05, 0) is 73.0 Å². The van der Waals surface area contributed by atoms with Gasteiger partial charge in [0, 0.05) is 34.1 Å². The summed E-state index contributed by atoms with van der Waals surface area (Å²) < 4.78 is 78.8. The van der Waals surface area contributed by atoms with E-state index in [4.69, 9.17) is 11.6 Å². The highest BCUT2D eigenvalue weighted by Crippen LogP contribution is 2.51. The average Bonchev–Trinajstić information content (AvgIpc) is 3.63. The molecule has 2 heterocycles. The van der Waals surface area contributed by atoms with Gasteiger partial charge in [0.2, 0.25) is 5.95 Å². The van der Waals surface area contributed by atoms with Crippen LogP contribution in [0.25, 0.3) is 22.3 Å². The number of anilines is 3. The van der Waals surface area contributed by atoms with Crippen molar-refractivity contribution in [3.05, 3.63) is 71.0 Å². The monoisotopic (exact) mass is 565 g/mol. The third-order valence-corrected chi connectivity index (χ3v) is 6.56. The van der Waals surface area contributed by atoms with Crippen LogP contribution in [0.2, 0.25) is 5.02 Å². The maximum Gasteiger partial charge on any atom is 0.411 e. The predicted molar refractivity (Wildman–Crippen MR) is 136 cm³/mol. The zero-order chi connectivity index (χ0) is 27.1. The number of alkyl halides is 3. The summed E-state index contributed by atoms with van der Waals surface area (Å²) in [6.07, 6.45) is -4.72. The van der Waals surface area contributed by atoms with Crippen LogP contribution in [0, 0.1) is 5.82 Å². The molecule has 8 nitrogen and oxygen atoms in total. The minimum absolute atomic E-state index is 0.0243. The van der Waals surface area contributed by atoms with E-state index >= 15 is 0 Å². The molecule has 0 bridgehead atoms. The molecule has 198 valence electrons. The van der Waals surface area contributed by atoms with E-state index in [1.165, 1.54) is 36.4 Å². The molecule has 38 heavy (non-hydrogen) atoms. The van der Waals surface area contributed by atoms with E-state index in [1.807, 2.05) is 0 Å². The lowest BCUT2D eigenvalue weighted by Gasteiger charge is -2.22. The first-order valence-electron chi connectivity index (χ1n) is 11.2. The number of nitrogens with zero attached hydrogens (tertiary/aromatic N) is 3. The number of benzene rings is 2. The van der Waals surface area contributed by atoms with Gasteiger partial charge in [0.15, 0.2) is 5.82 Å². The van der Waals surface area contributed by atoms with Crippen LogP contribution in [-0.4, -0.2) is 35.4 Å². The highest BCUT2D eigenvalue weighted by atomic mass is 35.5. The first kappa shape index (κ1) is 26.1. The average molecular weight is 566 g/mol. The van der Waals surface area contributed by atoms with Crippen LogP contribution >= 0.6 is 11.6 Å². The Morgan fingerprint density at radius 3 is 2.42 bits per heavy atom. The molecule has 0 spiro atoms. The number of fused-ring (bicyclic) bond motifs is 1. The summed E-state index contributed by atoms with van der Waals surface area (Å²) in [5.41, 5.74) is 0.0918. The quantitative estimate of drug-likeness (QED) is 0.182. The fourth-order valence-corrected chi connectivity index (χ4v) is 4.45. The molecule has 1 fully saturated rings. The minimum Gasteiger partial charge on any atom is -0.755 e. The van der Waals surface area contributed by atoms with Gasteiger partial charge in [0.05, 0.1) is 11.2 Å². The van der Waals surface area contributed by atoms with Crippen molar-refractivity contribution in [2.45, 2.75) is 31.1 Å². The molecule has 5 rings (SSSR count). The van der Waals surface area contributed by atoms with E-state index < -0.39 is 28.8 Å². The maximum absolute atomic E-state index is 13.8. The lowest BCUT2D eigenvalue weighted by molar-refractivity contribution is -0.151. The molecule has 4 aromatic rings. The molecular formula is C24H18ClF4N6O2S-. The third-order valence-electron chi connectivity index (χ3n) is 5.94.